The number of aliphatic hydroxyl groups is 1. The minimum atomic E-state index is -0.326. The molecule has 1 aliphatic heterocycles. The molecule has 0 aliphatic carbocycles. The zero-order valence-electron chi connectivity index (χ0n) is 10.7. The number of nitrogens with one attached hydrogen (secondary N) is 1. The number of hydrogen-bond acceptors (Lipinski definition) is 3. The van der Waals surface area contributed by atoms with Gasteiger partial charge in [-0.2, -0.15) is 0 Å². The lowest BCUT2D eigenvalue weighted by molar-refractivity contribution is 0.0628. The van der Waals surface area contributed by atoms with E-state index in [-0.39, 0.29) is 17.7 Å². The summed E-state index contributed by atoms with van der Waals surface area (Å²) in [4.78, 5) is 0. The summed E-state index contributed by atoms with van der Waals surface area (Å²) in [5.74, 6) is 0.951. The summed E-state index contributed by atoms with van der Waals surface area (Å²) in [6.45, 7) is 6.60. The van der Waals surface area contributed by atoms with E-state index < -0.39 is 0 Å². The Bertz CT molecular complexity index is 388. The first-order valence-electron chi connectivity index (χ1n) is 6.17. The van der Waals surface area contributed by atoms with Crippen molar-refractivity contribution in [3.63, 3.8) is 0 Å². The first-order valence-corrected chi connectivity index (χ1v) is 6.17. The average Bonchev–Trinajstić information content (AvgIpc) is 2.24. The average molecular weight is 235 g/mol. The topological polar surface area (TPSA) is 41.5 Å². The number of para-hydroxylation sites is 1. The van der Waals surface area contributed by atoms with E-state index in [4.69, 9.17) is 4.74 Å². The van der Waals surface area contributed by atoms with Crippen LogP contribution in [0.3, 0.4) is 0 Å². The number of ether oxygens (including phenoxy) is 1. The van der Waals surface area contributed by atoms with Crippen LogP contribution in [0.25, 0.3) is 0 Å². The number of fused-ring (bicyclic) bond motifs is 1. The molecule has 1 aromatic rings. The van der Waals surface area contributed by atoms with Crippen molar-refractivity contribution in [3.8, 4) is 5.75 Å². The Hall–Kier alpha value is -1.06. The fourth-order valence-corrected chi connectivity index (χ4v) is 2.30. The molecule has 17 heavy (non-hydrogen) atoms. The van der Waals surface area contributed by atoms with Gasteiger partial charge in [-0.3, -0.25) is 0 Å². The van der Waals surface area contributed by atoms with E-state index in [0.717, 1.165) is 12.2 Å². The van der Waals surface area contributed by atoms with Crippen LogP contribution in [0, 0.1) is 0 Å². The van der Waals surface area contributed by atoms with Crippen molar-refractivity contribution in [1.29, 1.82) is 0 Å². The van der Waals surface area contributed by atoms with E-state index in [1.165, 1.54) is 5.56 Å². The summed E-state index contributed by atoms with van der Waals surface area (Å²) < 4.78 is 5.95. The molecule has 2 atom stereocenters. The summed E-state index contributed by atoms with van der Waals surface area (Å²) in [7, 11) is 0. The summed E-state index contributed by atoms with van der Waals surface area (Å²) in [6, 6.07) is 8.37. The van der Waals surface area contributed by atoms with Gasteiger partial charge in [-0.1, -0.05) is 18.2 Å². The second kappa shape index (κ2) is 4.67. The molecular formula is C14H21NO2. The van der Waals surface area contributed by atoms with Crippen LogP contribution in [0.2, 0.25) is 0 Å². The van der Waals surface area contributed by atoms with Gasteiger partial charge in [-0.05, 0) is 26.8 Å². The maximum absolute atomic E-state index is 9.37. The molecule has 2 unspecified atom stereocenters. The third-order valence-corrected chi connectivity index (χ3v) is 3.04. The van der Waals surface area contributed by atoms with Crippen molar-refractivity contribution in [1.82, 2.24) is 5.32 Å². The lowest BCUT2D eigenvalue weighted by Crippen LogP contribution is -2.41. The number of benzene rings is 1. The van der Waals surface area contributed by atoms with E-state index in [9.17, 15) is 5.11 Å². The highest BCUT2D eigenvalue weighted by Crippen LogP contribution is 2.38. The van der Waals surface area contributed by atoms with Gasteiger partial charge in [0.15, 0.2) is 0 Å². The number of hydrogen-bond donors (Lipinski definition) is 2. The standard InChI is InChI=1S/C14H21NO2/c1-10(16)9-15-12-8-14(2,3)17-13-7-5-4-6-11(12)13/h4-7,10,12,15-16H,8-9H2,1-3H3. The van der Waals surface area contributed by atoms with Gasteiger partial charge in [-0.15, -0.1) is 0 Å². The van der Waals surface area contributed by atoms with E-state index in [1.54, 1.807) is 6.92 Å². The van der Waals surface area contributed by atoms with E-state index in [0.29, 0.717) is 6.54 Å². The van der Waals surface area contributed by atoms with Crippen molar-refractivity contribution in [3.05, 3.63) is 29.8 Å². The molecule has 0 aromatic heterocycles. The zero-order chi connectivity index (χ0) is 12.5. The molecule has 0 bridgehead atoms. The summed E-state index contributed by atoms with van der Waals surface area (Å²) in [5, 5.41) is 12.8. The van der Waals surface area contributed by atoms with Crippen LogP contribution >= 0.6 is 0 Å². The Balaban J connectivity index is 2.20. The Kier molecular flexibility index (Phi) is 3.40. The first-order chi connectivity index (χ1) is 7.98. The van der Waals surface area contributed by atoms with Gasteiger partial charge < -0.3 is 15.2 Å². The molecule has 1 heterocycles. The number of rotatable bonds is 3. The quantitative estimate of drug-likeness (QED) is 0.844. The van der Waals surface area contributed by atoms with Crippen LogP contribution in [0.5, 0.6) is 5.75 Å². The maximum Gasteiger partial charge on any atom is 0.124 e. The van der Waals surface area contributed by atoms with Crippen molar-refractivity contribution in [2.45, 2.75) is 44.9 Å². The highest BCUT2D eigenvalue weighted by Gasteiger charge is 2.33. The highest BCUT2D eigenvalue weighted by atomic mass is 16.5. The fraction of sp³-hybridized carbons (Fsp3) is 0.571. The van der Waals surface area contributed by atoms with Gasteiger partial charge in [0.1, 0.15) is 11.4 Å². The summed E-state index contributed by atoms with van der Waals surface area (Å²) >= 11 is 0. The Morgan fingerprint density at radius 2 is 2.18 bits per heavy atom. The van der Waals surface area contributed by atoms with Crippen molar-refractivity contribution >= 4 is 0 Å². The van der Waals surface area contributed by atoms with Crippen LogP contribution in [0.1, 0.15) is 38.8 Å². The molecule has 0 spiro atoms. The minimum Gasteiger partial charge on any atom is -0.487 e. The molecule has 0 radical (unpaired) electrons. The van der Waals surface area contributed by atoms with E-state index in [2.05, 4.69) is 25.2 Å². The predicted molar refractivity (Wildman–Crippen MR) is 68.2 cm³/mol. The molecule has 3 nitrogen and oxygen atoms in total. The molecule has 0 amide bonds. The maximum atomic E-state index is 9.37. The van der Waals surface area contributed by atoms with Gasteiger partial charge in [-0.25, -0.2) is 0 Å². The van der Waals surface area contributed by atoms with Gasteiger partial charge in [0.25, 0.3) is 0 Å². The van der Waals surface area contributed by atoms with Crippen LogP contribution in [0.4, 0.5) is 0 Å². The second-order valence-electron chi connectivity index (χ2n) is 5.41. The molecule has 2 N–H and O–H groups in total. The minimum absolute atomic E-state index is 0.162. The molecule has 0 fully saturated rings. The number of aliphatic hydroxyl groups excluding tert-OH is 1. The first kappa shape index (κ1) is 12.4. The monoisotopic (exact) mass is 235 g/mol. The lowest BCUT2D eigenvalue weighted by atomic mass is 9.89. The molecule has 1 aliphatic rings. The van der Waals surface area contributed by atoms with Crippen LogP contribution in [-0.2, 0) is 0 Å². The third kappa shape index (κ3) is 2.99. The molecule has 1 aromatic carbocycles. The van der Waals surface area contributed by atoms with Crippen molar-refractivity contribution < 1.29 is 9.84 Å². The smallest absolute Gasteiger partial charge is 0.124 e. The third-order valence-electron chi connectivity index (χ3n) is 3.04. The molecule has 0 saturated carbocycles. The van der Waals surface area contributed by atoms with Crippen molar-refractivity contribution in [2.75, 3.05) is 6.54 Å². The molecule has 94 valence electrons. The summed E-state index contributed by atoms with van der Waals surface area (Å²) in [6.07, 6.45) is 0.588. The Labute approximate surface area is 103 Å². The molecule has 2 rings (SSSR count). The van der Waals surface area contributed by atoms with Crippen molar-refractivity contribution in [2.24, 2.45) is 0 Å². The Morgan fingerprint density at radius 1 is 1.47 bits per heavy atom. The van der Waals surface area contributed by atoms with Gasteiger partial charge in [0.05, 0.1) is 6.10 Å². The normalized spacial score (nSPS) is 23.6. The fourth-order valence-electron chi connectivity index (χ4n) is 2.30. The predicted octanol–water partition coefficient (Wildman–Crippen LogP) is 2.26. The van der Waals surface area contributed by atoms with Crippen LogP contribution in [0.15, 0.2) is 24.3 Å². The lowest BCUT2D eigenvalue weighted by Gasteiger charge is -2.38. The second-order valence-corrected chi connectivity index (χ2v) is 5.41. The molecular weight excluding hydrogens is 214 g/mol. The van der Waals surface area contributed by atoms with Crippen LogP contribution < -0.4 is 10.1 Å². The van der Waals surface area contributed by atoms with Gasteiger partial charge >= 0.3 is 0 Å². The SMILES string of the molecule is CC(O)CNC1CC(C)(C)Oc2ccccc21. The van der Waals surface area contributed by atoms with E-state index in [1.807, 2.05) is 18.2 Å². The van der Waals surface area contributed by atoms with Crippen LogP contribution in [-0.4, -0.2) is 23.4 Å². The zero-order valence-corrected chi connectivity index (χ0v) is 10.7. The van der Waals surface area contributed by atoms with Gasteiger partial charge in [0, 0.05) is 24.6 Å². The Morgan fingerprint density at radius 3 is 2.88 bits per heavy atom. The molecule has 3 heteroatoms. The highest BCUT2D eigenvalue weighted by molar-refractivity contribution is 5.38. The summed E-state index contributed by atoms with van der Waals surface area (Å²) in [5.41, 5.74) is 1.03. The van der Waals surface area contributed by atoms with Gasteiger partial charge in [0.2, 0.25) is 0 Å². The van der Waals surface area contributed by atoms with E-state index >= 15 is 0 Å². The molecule has 0 saturated heterocycles. The largest absolute Gasteiger partial charge is 0.487 e.